The van der Waals surface area contributed by atoms with Gasteiger partial charge in [-0.1, -0.05) is 12.1 Å². The summed E-state index contributed by atoms with van der Waals surface area (Å²) in [5, 5.41) is 10.8. The third kappa shape index (κ3) is 4.33. The molecule has 7 heteroatoms. The van der Waals surface area contributed by atoms with Crippen molar-refractivity contribution in [3.63, 3.8) is 0 Å². The maximum atomic E-state index is 11.9. The highest BCUT2D eigenvalue weighted by molar-refractivity contribution is 5.89. The van der Waals surface area contributed by atoms with Gasteiger partial charge in [0.25, 0.3) is 5.69 Å². The average Bonchev–Trinajstić information content (AvgIpc) is 2.60. The molecule has 0 saturated carbocycles. The molecule has 0 fully saturated rings. The molecule has 7 nitrogen and oxygen atoms in total. The number of nitro benzene ring substituents is 1. The summed E-state index contributed by atoms with van der Waals surface area (Å²) in [6, 6.07) is 10.9. The molecule has 0 bridgehead atoms. The van der Waals surface area contributed by atoms with Gasteiger partial charge in [0.1, 0.15) is 5.75 Å². The molecule has 24 heavy (non-hydrogen) atoms. The van der Waals surface area contributed by atoms with E-state index in [-0.39, 0.29) is 17.2 Å². The minimum atomic E-state index is -0.684. The minimum absolute atomic E-state index is 0.0213. The van der Waals surface area contributed by atoms with Crippen LogP contribution >= 0.6 is 0 Å². The van der Waals surface area contributed by atoms with E-state index in [0.29, 0.717) is 5.75 Å². The summed E-state index contributed by atoms with van der Waals surface area (Å²) in [5.41, 5.74) is 0.549. The lowest BCUT2D eigenvalue weighted by Gasteiger charge is -2.07. The number of rotatable bonds is 6. The Kier molecular flexibility index (Phi) is 5.51. The van der Waals surface area contributed by atoms with Crippen LogP contribution in [0.25, 0.3) is 6.08 Å². The van der Waals surface area contributed by atoms with Crippen molar-refractivity contribution in [1.29, 1.82) is 0 Å². The molecule has 0 unspecified atom stereocenters. The van der Waals surface area contributed by atoms with E-state index in [1.807, 2.05) is 0 Å². The fourth-order valence-corrected chi connectivity index (χ4v) is 1.91. The van der Waals surface area contributed by atoms with Crippen molar-refractivity contribution in [2.75, 3.05) is 14.2 Å². The molecule has 2 aromatic rings. The molecule has 0 N–H and O–H groups in total. The number of benzene rings is 2. The quantitative estimate of drug-likeness (QED) is 0.266. The Morgan fingerprint density at radius 1 is 1.08 bits per heavy atom. The molecule has 2 rings (SSSR count). The lowest BCUT2D eigenvalue weighted by atomic mass is 10.2. The van der Waals surface area contributed by atoms with Crippen molar-refractivity contribution in [2.24, 2.45) is 0 Å². The van der Waals surface area contributed by atoms with Crippen molar-refractivity contribution in [1.82, 2.24) is 0 Å². The number of nitro groups is 1. The highest BCUT2D eigenvalue weighted by Gasteiger charge is 2.14. The summed E-state index contributed by atoms with van der Waals surface area (Å²) in [6.07, 6.45) is 2.77. The Hall–Kier alpha value is -3.35. The molecule has 0 saturated heterocycles. The predicted octanol–water partition coefficient (Wildman–Crippen LogP) is 3.23. The molecule has 124 valence electrons. The lowest BCUT2D eigenvalue weighted by Crippen LogP contribution is -2.05. The van der Waals surface area contributed by atoms with Gasteiger partial charge < -0.3 is 14.2 Å². The molecule has 0 atom stereocenters. The number of hydrogen-bond donors (Lipinski definition) is 0. The van der Waals surface area contributed by atoms with Crippen molar-refractivity contribution >= 4 is 17.7 Å². The summed E-state index contributed by atoms with van der Waals surface area (Å²) in [5.74, 6) is 0.179. The first-order valence-corrected chi connectivity index (χ1v) is 6.90. The number of carbonyl (C=O) groups is 1. The molecular weight excluding hydrogens is 314 g/mol. The van der Waals surface area contributed by atoms with E-state index in [1.165, 1.54) is 25.3 Å². The summed E-state index contributed by atoms with van der Waals surface area (Å²) in [7, 11) is 2.93. The molecule has 0 aliphatic rings. The topological polar surface area (TPSA) is 87.9 Å². The van der Waals surface area contributed by atoms with Crippen LogP contribution in [-0.4, -0.2) is 25.1 Å². The van der Waals surface area contributed by atoms with Crippen molar-refractivity contribution < 1.29 is 23.9 Å². The predicted molar refractivity (Wildman–Crippen MR) is 87.3 cm³/mol. The van der Waals surface area contributed by atoms with Gasteiger partial charge >= 0.3 is 5.97 Å². The van der Waals surface area contributed by atoms with E-state index < -0.39 is 10.9 Å². The molecule has 2 aromatic carbocycles. The van der Waals surface area contributed by atoms with Crippen LogP contribution in [0.15, 0.2) is 48.5 Å². The Bertz CT molecular complexity index is 784. The normalized spacial score (nSPS) is 10.4. The van der Waals surface area contributed by atoms with Gasteiger partial charge in [-0.25, -0.2) is 4.79 Å². The number of nitrogens with zero attached hydrogens (tertiary/aromatic N) is 1. The van der Waals surface area contributed by atoms with Crippen LogP contribution in [0.4, 0.5) is 5.69 Å². The largest absolute Gasteiger partial charge is 0.497 e. The molecule has 0 aliphatic carbocycles. The van der Waals surface area contributed by atoms with Gasteiger partial charge in [0, 0.05) is 12.1 Å². The maximum absolute atomic E-state index is 11.9. The minimum Gasteiger partial charge on any atom is -0.497 e. The Labute approximate surface area is 138 Å². The molecule has 0 amide bonds. The van der Waals surface area contributed by atoms with Crippen LogP contribution in [0.1, 0.15) is 5.56 Å². The molecule has 0 aromatic heterocycles. The summed E-state index contributed by atoms with van der Waals surface area (Å²) >= 11 is 0. The molecule has 0 aliphatic heterocycles. The summed E-state index contributed by atoms with van der Waals surface area (Å²) < 4.78 is 15.2. The van der Waals surface area contributed by atoms with E-state index in [9.17, 15) is 14.9 Å². The highest BCUT2D eigenvalue weighted by atomic mass is 16.6. The van der Waals surface area contributed by atoms with Crippen LogP contribution in [0.5, 0.6) is 17.2 Å². The van der Waals surface area contributed by atoms with Gasteiger partial charge in [-0.2, -0.15) is 0 Å². The monoisotopic (exact) mass is 329 g/mol. The Morgan fingerprint density at radius 3 is 2.54 bits per heavy atom. The second kappa shape index (κ2) is 7.77. The zero-order valence-corrected chi connectivity index (χ0v) is 13.1. The number of carbonyl (C=O) groups excluding carboxylic acids is 1. The van der Waals surface area contributed by atoms with Gasteiger partial charge in [-0.3, -0.25) is 10.1 Å². The van der Waals surface area contributed by atoms with Gasteiger partial charge in [-0.15, -0.1) is 0 Å². The first kappa shape index (κ1) is 17.0. The van der Waals surface area contributed by atoms with Crippen LogP contribution in [0.3, 0.4) is 0 Å². The number of non-ortho nitro benzene ring substituents is 1. The zero-order valence-electron chi connectivity index (χ0n) is 13.1. The molecule has 0 radical (unpaired) electrons. The number of hydrogen-bond acceptors (Lipinski definition) is 6. The number of esters is 1. The fourth-order valence-electron chi connectivity index (χ4n) is 1.91. The highest BCUT2D eigenvalue weighted by Crippen LogP contribution is 2.31. The fraction of sp³-hybridized carbons (Fsp3) is 0.118. The molecule has 0 heterocycles. The second-order valence-electron chi connectivity index (χ2n) is 4.62. The van der Waals surface area contributed by atoms with Gasteiger partial charge in [0.15, 0.2) is 11.5 Å². The Balaban J connectivity index is 2.15. The van der Waals surface area contributed by atoms with E-state index in [2.05, 4.69) is 0 Å². The van der Waals surface area contributed by atoms with Crippen LogP contribution in [-0.2, 0) is 4.79 Å². The summed E-state index contributed by atoms with van der Waals surface area (Å²) in [6.45, 7) is 0. The van der Waals surface area contributed by atoms with Crippen molar-refractivity contribution in [3.05, 3.63) is 64.2 Å². The number of ether oxygens (including phenoxy) is 3. The second-order valence-corrected chi connectivity index (χ2v) is 4.62. The van der Waals surface area contributed by atoms with Gasteiger partial charge in [0.2, 0.25) is 0 Å². The van der Waals surface area contributed by atoms with E-state index >= 15 is 0 Å². The van der Waals surface area contributed by atoms with Gasteiger partial charge in [-0.05, 0) is 29.8 Å². The zero-order chi connectivity index (χ0) is 17.5. The van der Waals surface area contributed by atoms with E-state index in [4.69, 9.17) is 14.2 Å². The first-order chi connectivity index (χ1) is 11.5. The average molecular weight is 329 g/mol. The van der Waals surface area contributed by atoms with Crippen molar-refractivity contribution in [3.8, 4) is 17.2 Å². The van der Waals surface area contributed by atoms with Crippen LogP contribution in [0, 0.1) is 10.1 Å². The van der Waals surface area contributed by atoms with E-state index in [0.717, 1.165) is 11.6 Å². The third-order valence-electron chi connectivity index (χ3n) is 3.07. The van der Waals surface area contributed by atoms with Gasteiger partial charge in [0.05, 0.1) is 25.2 Å². The third-order valence-corrected chi connectivity index (χ3v) is 3.07. The standard InChI is InChI=1S/C17H15NO6/c1-22-14-5-3-4-12(10-14)6-9-17(19)24-16-11-13(18(20)21)7-8-15(16)23-2/h3-11H,1-2H3/b9-6+. The molecular formula is C17H15NO6. The smallest absolute Gasteiger partial charge is 0.336 e. The van der Waals surface area contributed by atoms with Crippen LogP contribution < -0.4 is 14.2 Å². The SMILES string of the molecule is COc1cccc(/C=C/C(=O)Oc2cc([N+](=O)[O-])ccc2OC)c1. The first-order valence-electron chi connectivity index (χ1n) is 6.90. The molecule has 0 spiro atoms. The number of methoxy groups -OCH3 is 2. The van der Waals surface area contributed by atoms with Crippen molar-refractivity contribution in [2.45, 2.75) is 0 Å². The summed E-state index contributed by atoms with van der Waals surface area (Å²) in [4.78, 5) is 22.2. The Morgan fingerprint density at radius 2 is 1.88 bits per heavy atom. The van der Waals surface area contributed by atoms with E-state index in [1.54, 1.807) is 37.5 Å². The lowest BCUT2D eigenvalue weighted by molar-refractivity contribution is -0.384. The van der Waals surface area contributed by atoms with Crippen LogP contribution in [0.2, 0.25) is 0 Å². The maximum Gasteiger partial charge on any atom is 0.336 e.